The minimum atomic E-state index is -4.82. The lowest BCUT2D eigenvalue weighted by Gasteiger charge is -2.05. The Morgan fingerprint density at radius 3 is 2.50 bits per heavy atom. The number of alkyl halides is 3. The molecule has 0 aliphatic heterocycles. The Labute approximate surface area is 116 Å². The Balaban J connectivity index is 2.40. The second-order valence-electron chi connectivity index (χ2n) is 3.98. The Morgan fingerprint density at radius 1 is 1.35 bits per heavy atom. The van der Waals surface area contributed by atoms with E-state index in [1.165, 1.54) is 0 Å². The molecule has 1 heterocycles. The van der Waals surface area contributed by atoms with Gasteiger partial charge in [-0.25, -0.2) is 4.79 Å². The molecule has 2 aromatic rings. The maximum absolute atomic E-state index is 12.7. The number of halogens is 4. The Bertz CT molecular complexity index is 652. The first-order valence-corrected chi connectivity index (χ1v) is 5.78. The summed E-state index contributed by atoms with van der Waals surface area (Å²) in [6, 6.07) is 6.56. The van der Waals surface area contributed by atoms with Gasteiger partial charge in [0.25, 0.3) is 0 Å². The van der Waals surface area contributed by atoms with Crippen molar-refractivity contribution in [3.05, 3.63) is 52.3 Å². The zero-order chi connectivity index (χ0) is 14.9. The Kier molecular flexibility index (Phi) is 3.71. The maximum atomic E-state index is 12.7. The molecule has 106 valence electrons. The monoisotopic (exact) mass is 304 g/mol. The average molecular weight is 305 g/mol. The number of benzene rings is 1. The molecule has 0 amide bonds. The van der Waals surface area contributed by atoms with E-state index < -0.39 is 23.4 Å². The molecule has 0 fully saturated rings. The fourth-order valence-corrected chi connectivity index (χ4v) is 1.86. The molecule has 1 aromatic carbocycles. The first kappa shape index (κ1) is 14.4. The number of carboxylic acid groups (broad SMARTS) is 1. The lowest BCUT2D eigenvalue weighted by molar-refractivity contribution is -0.142. The fraction of sp³-hybridized carbons (Fsp3) is 0.167. The highest BCUT2D eigenvalue weighted by atomic mass is 35.5. The van der Waals surface area contributed by atoms with Gasteiger partial charge in [0, 0.05) is 11.2 Å². The van der Waals surface area contributed by atoms with Crippen molar-refractivity contribution in [2.45, 2.75) is 12.7 Å². The van der Waals surface area contributed by atoms with Crippen LogP contribution in [0.2, 0.25) is 5.02 Å². The molecule has 1 N–H and O–H groups in total. The van der Waals surface area contributed by atoms with Crippen LogP contribution in [0.4, 0.5) is 13.2 Å². The van der Waals surface area contributed by atoms with Crippen molar-refractivity contribution < 1.29 is 23.1 Å². The van der Waals surface area contributed by atoms with Crippen LogP contribution >= 0.6 is 11.6 Å². The molecule has 0 atom stereocenters. The molecular weight excluding hydrogens is 297 g/mol. The van der Waals surface area contributed by atoms with Gasteiger partial charge in [0.15, 0.2) is 5.69 Å². The summed E-state index contributed by atoms with van der Waals surface area (Å²) in [5.41, 5.74) is -1.76. The van der Waals surface area contributed by atoms with Crippen molar-refractivity contribution in [1.82, 2.24) is 9.78 Å². The van der Waals surface area contributed by atoms with Gasteiger partial charge in [-0.1, -0.05) is 29.8 Å². The summed E-state index contributed by atoms with van der Waals surface area (Å²) in [6.45, 7) is -0.0456. The number of aromatic carboxylic acids is 1. The van der Waals surface area contributed by atoms with Crippen molar-refractivity contribution in [1.29, 1.82) is 0 Å². The summed E-state index contributed by atoms with van der Waals surface area (Å²) in [4.78, 5) is 10.8. The van der Waals surface area contributed by atoms with Crippen LogP contribution < -0.4 is 0 Å². The Hall–Kier alpha value is -2.02. The minimum absolute atomic E-state index is 0.0456. The zero-order valence-corrected chi connectivity index (χ0v) is 10.6. The molecular formula is C12H8ClF3N2O2. The lowest BCUT2D eigenvalue weighted by Crippen LogP contribution is -2.12. The number of carbonyl (C=O) groups is 1. The van der Waals surface area contributed by atoms with E-state index >= 15 is 0 Å². The van der Waals surface area contributed by atoms with Crippen LogP contribution in [-0.2, 0) is 12.7 Å². The quantitative estimate of drug-likeness (QED) is 0.946. The number of hydrogen-bond donors (Lipinski definition) is 1. The van der Waals surface area contributed by atoms with E-state index in [2.05, 4.69) is 5.10 Å². The maximum Gasteiger partial charge on any atom is 0.436 e. The molecule has 0 aliphatic carbocycles. The standard InChI is InChI=1S/C12H8ClF3N2O2/c13-9-4-2-1-3-7(9)5-18-6-8(11(19)20)10(17-18)12(14,15)16/h1-4,6H,5H2,(H,19,20). The highest BCUT2D eigenvalue weighted by molar-refractivity contribution is 6.31. The van der Waals surface area contributed by atoms with Crippen LogP contribution in [0.15, 0.2) is 30.5 Å². The number of aromatic nitrogens is 2. The summed E-state index contributed by atoms with van der Waals surface area (Å²) >= 11 is 5.89. The average Bonchev–Trinajstić information content (AvgIpc) is 2.76. The molecule has 4 nitrogen and oxygen atoms in total. The summed E-state index contributed by atoms with van der Waals surface area (Å²) < 4.78 is 38.9. The van der Waals surface area contributed by atoms with Crippen LogP contribution in [-0.4, -0.2) is 20.9 Å². The molecule has 0 unspecified atom stereocenters. The second-order valence-corrected chi connectivity index (χ2v) is 4.39. The van der Waals surface area contributed by atoms with Gasteiger partial charge >= 0.3 is 12.1 Å². The van der Waals surface area contributed by atoms with Crippen molar-refractivity contribution in [3.8, 4) is 0 Å². The third kappa shape index (κ3) is 2.93. The molecule has 0 spiro atoms. The van der Waals surface area contributed by atoms with E-state index in [1.54, 1.807) is 24.3 Å². The third-order valence-electron chi connectivity index (χ3n) is 2.55. The first-order valence-electron chi connectivity index (χ1n) is 5.40. The van der Waals surface area contributed by atoms with Crippen LogP contribution in [0.3, 0.4) is 0 Å². The predicted octanol–water partition coefficient (Wildman–Crippen LogP) is 3.30. The van der Waals surface area contributed by atoms with E-state index in [0.717, 1.165) is 10.9 Å². The molecule has 0 saturated heterocycles. The number of nitrogens with zero attached hydrogens (tertiary/aromatic N) is 2. The topological polar surface area (TPSA) is 55.1 Å². The van der Waals surface area contributed by atoms with Crippen LogP contribution in [0.1, 0.15) is 21.6 Å². The van der Waals surface area contributed by atoms with E-state index in [0.29, 0.717) is 10.6 Å². The predicted molar refractivity (Wildman–Crippen MR) is 64.7 cm³/mol. The smallest absolute Gasteiger partial charge is 0.436 e. The van der Waals surface area contributed by atoms with Crippen molar-refractivity contribution in [3.63, 3.8) is 0 Å². The summed E-state index contributed by atoms with van der Waals surface area (Å²) in [5, 5.41) is 12.4. The van der Waals surface area contributed by atoms with E-state index in [-0.39, 0.29) is 6.54 Å². The summed E-state index contributed by atoms with van der Waals surface area (Å²) in [7, 11) is 0. The second kappa shape index (κ2) is 5.16. The van der Waals surface area contributed by atoms with Crippen LogP contribution in [0.25, 0.3) is 0 Å². The highest BCUT2D eigenvalue weighted by Crippen LogP contribution is 2.31. The van der Waals surface area contributed by atoms with Crippen LogP contribution in [0, 0.1) is 0 Å². The lowest BCUT2D eigenvalue weighted by atomic mass is 10.2. The Morgan fingerprint density at radius 2 is 2.00 bits per heavy atom. The van der Waals surface area contributed by atoms with Crippen molar-refractivity contribution >= 4 is 17.6 Å². The normalized spacial score (nSPS) is 11.6. The zero-order valence-electron chi connectivity index (χ0n) is 9.86. The molecule has 8 heteroatoms. The molecule has 0 radical (unpaired) electrons. The number of hydrogen-bond acceptors (Lipinski definition) is 2. The summed E-state index contributed by atoms with van der Waals surface area (Å²) in [6.07, 6.45) is -3.98. The van der Waals surface area contributed by atoms with Gasteiger partial charge in [-0.3, -0.25) is 4.68 Å². The van der Waals surface area contributed by atoms with Gasteiger partial charge in [0.05, 0.1) is 6.54 Å². The first-order chi connectivity index (χ1) is 9.29. The van der Waals surface area contributed by atoms with Gasteiger partial charge in [0.2, 0.25) is 0 Å². The molecule has 0 aliphatic rings. The number of rotatable bonds is 3. The molecule has 20 heavy (non-hydrogen) atoms. The highest BCUT2D eigenvalue weighted by Gasteiger charge is 2.39. The van der Waals surface area contributed by atoms with E-state index in [1.807, 2.05) is 0 Å². The molecule has 0 saturated carbocycles. The fourth-order valence-electron chi connectivity index (χ4n) is 1.67. The van der Waals surface area contributed by atoms with E-state index in [4.69, 9.17) is 16.7 Å². The summed E-state index contributed by atoms with van der Waals surface area (Å²) in [5.74, 6) is -1.68. The van der Waals surface area contributed by atoms with Gasteiger partial charge in [-0.2, -0.15) is 18.3 Å². The molecule has 2 rings (SSSR count). The molecule has 1 aromatic heterocycles. The largest absolute Gasteiger partial charge is 0.478 e. The van der Waals surface area contributed by atoms with Crippen molar-refractivity contribution in [2.24, 2.45) is 0 Å². The molecule has 0 bridgehead atoms. The van der Waals surface area contributed by atoms with Gasteiger partial charge in [-0.05, 0) is 11.6 Å². The minimum Gasteiger partial charge on any atom is -0.478 e. The number of carboxylic acids is 1. The van der Waals surface area contributed by atoms with Crippen LogP contribution in [0.5, 0.6) is 0 Å². The van der Waals surface area contributed by atoms with E-state index in [9.17, 15) is 18.0 Å². The SMILES string of the molecule is O=C(O)c1cn(Cc2ccccc2Cl)nc1C(F)(F)F. The van der Waals surface area contributed by atoms with Gasteiger partial charge in [-0.15, -0.1) is 0 Å². The van der Waals surface area contributed by atoms with Crippen molar-refractivity contribution in [2.75, 3.05) is 0 Å². The van der Waals surface area contributed by atoms with Gasteiger partial charge in [0.1, 0.15) is 5.56 Å². The third-order valence-corrected chi connectivity index (χ3v) is 2.92. The van der Waals surface area contributed by atoms with Gasteiger partial charge < -0.3 is 5.11 Å².